The Labute approximate surface area is 296 Å². The molecule has 2 saturated heterocycles. The molecule has 0 spiro atoms. The summed E-state index contributed by atoms with van der Waals surface area (Å²) in [7, 11) is -5.68. The summed E-state index contributed by atoms with van der Waals surface area (Å²) in [6.45, 7) is -0.761. The lowest BCUT2D eigenvalue weighted by atomic mass is 9.88. The minimum atomic E-state index is -5.68. The average Bonchev–Trinajstić information content (AvgIpc) is 3.88. The first kappa shape index (κ1) is 35.1. The van der Waals surface area contributed by atoms with E-state index in [4.69, 9.17) is 19.7 Å². The second-order valence-electron chi connectivity index (χ2n) is 12.8. The molecule has 8 N–H and O–H groups in total. The molecule has 0 aliphatic carbocycles. The van der Waals surface area contributed by atoms with Crippen LogP contribution in [0.15, 0.2) is 66.2 Å². The molecule has 20 nitrogen and oxygen atoms in total. The van der Waals surface area contributed by atoms with Gasteiger partial charge < -0.3 is 50.2 Å². The Morgan fingerprint density at radius 1 is 1.04 bits per heavy atom. The number of phosphoric acid groups is 1. The maximum Gasteiger partial charge on any atom is 0.280 e. The molecule has 22 heteroatoms. The summed E-state index contributed by atoms with van der Waals surface area (Å²) < 4.78 is 47.6. The van der Waals surface area contributed by atoms with Crippen molar-refractivity contribution in [2.24, 2.45) is 0 Å². The van der Waals surface area contributed by atoms with E-state index >= 15 is 4.39 Å². The van der Waals surface area contributed by atoms with Crippen molar-refractivity contribution in [3.8, 4) is 0 Å². The number of nitrogens with one attached hydrogen (secondary N) is 2. The van der Waals surface area contributed by atoms with Gasteiger partial charge in [-0.05, 0) is 22.4 Å². The number of hydrogen-bond donors (Lipinski definition) is 7. The zero-order chi connectivity index (χ0) is 37.2. The van der Waals surface area contributed by atoms with E-state index < -0.39 is 75.1 Å². The summed E-state index contributed by atoms with van der Waals surface area (Å²) in [6.07, 6.45) is -9.86. The van der Waals surface area contributed by atoms with E-state index in [1.54, 1.807) is 0 Å². The largest absolute Gasteiger partial charge is 0.756 e. The molecule has 0 bridgehead atoms. The molecule has 2 aliphatic heterocycles. The van der Waals surface area contributed by atoms with Gasteiger partial charge in [-0.3, -0.25) is 23.5 Å². The fourth-order valence-corrected chi connectivity index (χ4v) is 7.57. The molecule has 0 saturated carbocycles. The van der Waals surface area contributed by atoms with Crippen LogP contribution in [0.1, 0.15) is 24.4 Å². The molecule has 0 radical (unpaired) electrons. The van der Waals surface area contributed by atoms with Crippen LogP contribution in [0.5, 0.6) is 0 Å². The van der Waals surface area contributed by atoms with E-state index in [0.717, 1.165) is 31.8 Å². The number of rotatable bonds is 10. The summed E-state index contributed by atoms with van der Waals surface area (Å²) in [6, 6.07) is 13.8. The maximum absolute atomic E-state index is 16.5. The third kappa shape index (κ3) is 6.20. The normalized spacial score (nSPS) is 28.6. The van der Waals surface area contributed by atoms with Crippen LogP contribution in [0.4, 0.5) is 16.2 Å². The van der Waals surface area contributed by atoms with Crippen LogP contribution in [0.25, 0.3) is 33.1 Å². The Bertz CT molecular complexity index is 2440. The Balaban J connectivity index is 1.08. The van der Waals surface area contributed by atoms with E-state index in [1.807, 2.05) is 42.5 Å². The van der Waals surface area contributed by atoms with Gasteiger partial charge in [-0.15, -0.1) is 0 Å². The zero-order valence-corrected chi connectivity index (χ0v) is 28.1. The van der Waals surface area contributed by atoms with E-state index in [1.165, 1.54) is 12.7 Å². The van der Waals surface area contributed by atoms with Crippen molar-refractivity contribution in [1.82, 2.24) is 39.0 Å². The predicted molar refractivity (Wildman–Crippen MR) is 179 cm³/mol. The van der Waals surface area contributed by atoms with Crippen molar-refractivity contribution in [1.29, 1.82) is 0 Å². The molecule has 8 rings (SSSR count). The monoisotopic (exact) mass is 753 g/mol. The van der Waals surface area contributed by atoms with Gasteiger partial charge in [0.25, 0.3) is 13.4 Å². The maximum atomic E-state index is 16.5. The smallest absolute Gasteiger partial charge is 0.280 e. The average molecular weight is 754 g/mol. The number of aromatic amines is 1. The Morgan fingerprint density at radius 2 is 1.77 bits per heavy atom. The van der Waals surface area contributed by atoms with Crippen LogP contribution in [0.3, 0.4) is 0 Å². The third-order valence-corrected chi connectivity index (χ3v) is 9.96. The topological polar surface area (TPSA) is 294 Å². The van der Waals surface area contributed by atoms with Crippen LogP contribution >= 0.6 is 7.82 Å². The molecule has 6 aromatic rings. The van der Waals surface area contributed by atoms with Gasteiger partial charge in [-0.2, -0.15) is 4.98 Å². The molecule has 2 aliphatic rings. The van der Waals surface area contributed by atoms with Crippen molar-refractivity contribution in [2.75, 3.05) is 17.7 Å². The van der Waals surface area contributed by atoms with Crippen LogP contribution < -0.4 is 21.5 Å². The molecule has 2 aromatic carbocycles. The summed E-state index contributed by atoms with van der Waals surface area (Å²) >= 11 is 0. The van der Waals surface area contributed by atoms with E-state index in [-0.39, 0.29) is 28.3 Å². The highest BCUT2D eigenvalue weighted by Gasteiger charge is 2.61. The molecule has 0 amide bonds. The second-order valence-corrected chi connectivity index (χ2v) is 13.9. The number of imidazole rings is 2. The Hall–Kier alpha value is -4.96. The van der Waals surface area contributed by atoms with Crippen LogP contribution in [-0.4, -0.2) is 102 Å². The lowest BCUT2D eigenvalue weighted by Crippen LogP contribution is -2.51. The number of phosphoric ester groups is 1. The number of aliphatic hydroxyl groups excluding tert-OH is 3. The van der Waals surface area contributed by atoms with Gasteiger partial charge >= 0.3 is 0 Å². The van der Waals surface area contributed by atoms with E-state index in [0.29, 0.717) is 12.4 Å². The Kier molecular flexibility index (Phi) is 8.71. The number of nitrogen functional groups attached to an aromatic ring is 1. The van der Waals surface area contributed by atoms with Crippen LogP contribution in [0, 0.1) is 0 Å². The number of anilines is 2. The second kappa shape index (κ2) is 13.2. The van der Waals surface area contributed by atoms with Crippen molar-refractivity contribution < 1.29 is 48.1 Å². The van der Waals surface area contributed by atoms with Gasteiger partial charge in [0.1, 0.15) is 30.2 Å². The predicted octanol–water partition coefficient (Wildman–Crippen LogP) is -0.240. The molecule has 2 fully saturated rings. The molecule has 278 valence electrons. The van der Waals surface area contributed by atoms with Gasteiger partial charge in [0.2, 0.25) is 5.95 Å². The number of alkyl halides is 1. The van der Waals surface area contributed by atoms with Crippen LogP contribution in [0.2, 0.25) is 0 Å². The van der Waals surface area contributed by atoms with Crippen molar-refractivity contribution in [2.45, 2.75) is 61.6 Å². The lowest BCUT2D eigenvalue weighted by Gasteiger charge is -2.36. The standard InChI is InChI=1S/C31H32FN10O10P/c32-18-23(52-53(47,48)49)31(10-43,8-17-21(44)22(45)29(50-17)42-13-38-20-26(42)39-30(33)40-27(20)46)51-28(18)41-12-37-19-24(35-11-36-25(19)41)34-9-14-5-6-15-3-1-2-4-16(15)7-14/h1-7,11-13,17-18,21-23,28-29,43-45H,8-10H2,(H,34,35,36)(H2,47,48,49)(H3,33,39,40,46)/p-1/t17-,18-,21-,22-,23+,28-,29-,31-/m1/s1. The first-order valence-corrected chi connectivity index (χ1v) is 17.6. The highest BCUT2D eigenvalue weighted by atomic mass is 31.2. The number of aromatic nitrogens is 8. The summed E-state index contributed by atoms with van der Waals surface area (Å²) in [5, 5.41) is 38.1. The highest BCUT2D eigenvalue weighted by molar-refractivity contribution is 7.44. The zero-order valence-electron chi connectivity index (χ0n) is 27.2. The van der Waals surface area contributed by atoms with E-state index in [9.17, 15) is 34.5 Å². The number of halogens is 1. The number of hydrogen-bond acceptors (Lipinski definition) is 16. The number of nitrogens with zero attached hydrogens (tertiary/aromatic N) is 7. The number of ether oxygens (including phenoxy) is 2. The SMILES string of the molecule is Nc1nc2c(ncn2[C@@H]2O[C@H](C[C@]3(CO)O[C@@H](n4cnc5c(NCc6ccc7ccccc7c6)ncnc54)[C@H](F)[C@@H]3OP(=O)([O-])O)[C@@H](O)[C@H]2O)c(=O)[nH]1. The summed E-state index contributed by atoms with van der Waals surface area (Å²) in [5.74, 6) is 0.0346. The van der Waals surface area contributed by atoms with Gasteiger partial charge in [0, 0.05) is 13.0 Å². The van der Waals surface area contributed by atoms with Gasteiger partial charge in [0.15, 0.2) is 46.8 Å². The molecule has 9 atom stereocenters. The van der Waals surface area contributed by atoms with Gasteiger partial charge in [-0.1, -0.05) is 36.4 Å². The molecule has 4 aromatic heterocycles. The first-order chi connectivity index (χ1) is 25.4. The Morgan fingerprint density at radius 3 is 2.53 bits per heavy atom. The quantitative estimate of drug-likeness (QED) is 0.0888. The minimum absolute atomic E-state index is 0.0665. The fourth-order valence-electron chi connectivity index (χ4n) is 6.98. The van der Waals surface area contributed by atoms with Gasteiger partial charge in [0.05, 0.1) is 25.4 Å². The highest BCUT2D eigenvalue weighted by Crippen LogP contribution is 2.50. The molecular weight excluding hydrogens is 722 g/mol. The minimum Gasteiger partial charge on any atom is -0.756 e. The fraction of sp³-hybridized carbons (Fsp3) is 0.355. The molecule has 6 heterocycles. The van der Waals surface area contributed by atoms with Crippen molar-refractivity contribution in [3.05, 3.63) is 77.4 Å². The summed E-state index contributed by atoms with van der Waals surface area (Å²) in [4.78, 5) is 57.1. The summed E-state index contributed by atoms with van der Waals surface area (Å²) in [5.41, 5.74) is 3.67. The number of fused-ring (bicyclic) bond motifs is 3. The van der Waals surface area contributed by atoms with Crippen molar-refractivity contribution in [3.63, 3.8) is 0 Å². The number of nitrogens with two attached hydrogens (primary N) is 1. The number of benzene rings is 2. The molecule has 1 unspecified atom stereocenters. The number of aliphatic hydroxyl groups is 3. The number of H-pyrrole nitrogens is 1. The third-order valence-electron chi connectivity index (χ3n) is 9.47. The van der Waals surface area contributed by atoms with E-state index in [2.05, 4.69) is 35.2 Å². The lowest BCUT2D eigenvalue weighted by molar-refractivity contribution is -0.234. The molecular formula is C31H31FN10O10P-. The van der Waals surface area contributed by atoms with Crippen molar-refractivity contribution >= 4 is 52.7 Å². The van der Waals surface area contributed by atoms with Gasteiger partial charge in [-0.25, -0.2) is 24.3 Å². The molecule has 53 heavy (non-hydrogen) atoms. The first-order valence-electron chi connectivity index (χ1n) is 16.1. The van der Waals surface area contributed by atoms with Crippen LogP contribution in [-0.2, 0) is 25.1 Å².